The highest BCUT2D eigenvalue weighted by Crippen LogP contribution is 2.09. The SMILES string of the molecule is C(C=Cc1cnc2ccccc2n1)=Cc1ccccc1. The number of nitrogens with zero attached hydrogens (tertiary/aromatic N) is 2. The Kier molecular flexibility index (Phi) is 3.65. The second-order valence-corrected chi connectivity index (χ2v) is 4.41. The van der Waals surface area contributed by atoms with Gasteiger partial charge < -0.3 is 0 Å². The van der Waals surface area contributed by atoms with Crippen molar-refractivity contribution in [1.82, 2.24) is 9.97 Å². The summed E-state index contributed by atoms with van der Waals surface area (Å²) in [5.41, 5.74) is 3.88. The molecule has 0 atom stereocenters. The highest BCUT2D eigenvalue weighted by atomic mass is 14.8. The smallest absolute Gasteiger partial charge is 0.0894 e. The molecule has 0 aliphatic heterocycles. The summed E-state index contributed by atoms with van der Waals surface area (Å²) in [4.78, 5) is 8.92. The molecular weight excluding hydrogens is 244 g/mol. The molecule has 96 valence electrons. The molecular formula is C18H14N2. The Hall–Kier alpha value is -2.74. The van der Waals surface area contributed by atoms with Crippen molar-refractivity contribution >= 4 is 23.2 Å². The van der Waals surface area contributed by atoms with E-state index in [0.29, 0.717) is 0 Å². The number of benzene rings is 2. The van der Waals surface area contributed by atoms with Crippen molar-refractivity contribution in [3.8, 4) is 0 Å². The summed E-state index contributed by atoms with van der Waals surface area (Å²) in [6.45, 7) is 0. The summed E-state index contributed by atoms with van der Waals surface area (Å²) in [6.07, 6.45) is 9.79. The fourth-order valence-corrected chi connectivity index (χ4v) is 1.94. The molecule has 0 N–H and O–H groups in total. The first kappa shape index (κ1) is 12.3. The monoisotopic (exact) mass is 258 g/mol. The summed E-state index contributed by atoms with van der Waals surface area (Å²) in [6, 6.07) is 18.1. The normalized spacial score (nSPS) is 11.6. The van der Waals surface area contributed by atoms with Crippen molar-refractivity contribution in [3.05, 3.63) is 84.2 Å². The topological polar surface area (TPSA) is 25.8 Å². The van der Waals surface area contributed by atoms with E-state index in [1.165, 1.54) is 5.56 Å². The maximum Gasteiger partial charge on any atom is 0.0894 e. The van der Waals surface area contributed by atoms with Gasteiger partial charge in [0.15, 0.2) is 0 Å². The van der Waals surface area contributed by atoms with Gasteiger partial charge in [0.1, 0.15) is 0 Å². The van der Waals surface area contributed by atoms with Gasteiger partial charge in [-0.15, -0.1) is 0 Å². The zero-order chi connectivity index (χ0) is 13.6. The highest BCUT2D eigenvalue weighted by Gasteiger charge is 1.94. The molecule has 0 bridgehead atoms. The van der Waals surface area contributed by atoms with Crippen LogP contribution in [0, 0.1) is 0 Å². The minimum atomic E-state index is 0.862. The molecule has 0 unspecified atom stereocenters. The predicted molar refractivity (Wildman–Crippen MR) is 84.0 cm³/mol. The molecule has 20 heavy (non-hydrogen) atoms. The van der Waals surface area contributed by atoms with E-state index in [9.17, 15) is 0 Å². The molecule has 0 amide bonds. The number of rotatable bonds is 3. The average molecular weight is 258 g/mol. The van der Waals surface area contributed by atoms with Gasteiger partial charge in [-0.05, 0) is 23.8 Å². The van der Waals surface area contributed by atoms with Crippen molar-refractivity contribution in [2.24, 2.45) is 0 Å². The van der Waals surface area contributed by atoms with E-state index in [1.54, 1.807) is 6.20 Å². The lowest BCUT2D eigenvalue weighted by atomic mass is 10.2. The van der Waals surface area contributed by atoms with Gasteiger partial charge in [-0.25, -0.2) is 4.98 Å². The highest BCUT2D eigenvalue weighted by molar-refractivity contribution is 5.74. The number of allylic oxidation sites excluding steroid dienone is 2. The molecule has 3 aromatic rings. The molecule has 1 heterocycles. The first-order chi connectivity index (χ1) is 9.92. The lowest BCUT2D eigenvalue weighted by Gasteiger charge is -1.96. The molecule has 0 spiro atoms. The van der Waals surface area contributed by atoms with Crippen LogP contribution in [-0.4, -0.2) is 9.97 Å². The van der Waals surface area contributed by atoms with Crippen LogP contribution < -0.4 is 0 Å². The number of para-hydroxylation sites is 2. The zero-order valence-electron chi connectivity index (χ0n) is 11.0. The Bertz CT molecular complexity index is 758. The van der Waals surface area contributed by atoms with Gasteiger partial charge in [-0.2, -0.15) is 0 Å². The number of hydrogen-bond acceptors (Lipinski definition) is 2. The van der Waals surface area contributed by atoms with Gasteiger partial charge in [0.2, 0.25) is 0 Å². The van der Waals surface area contributed by atoms with E-state index in [2.05, 4.69) is 28.2 Å². The molecule has 1 aromatic heterocycles. The molecule has 0 aliphatic carbocycles. The summed E-state index contributed by atoms with van der Waals surface area (Å²) >= 11 is 0. The van der Waals surface area contributed by atoms with Crippen molar-refractivity contribution in [2.45, 2.75) is 0 Å². The Morgan fingerprint density at radius 2 is 1.40 bits per heavy atom. The third-order valence-corrected chi connectivity index (χ3v) is 2.93. The van der Waals surface area contributed by atoms with E-state index >= 15 is 0 Å². The van der Waals surface area contributed by atoms with Crippen LogP contribution in [0.4, 0.5) is 0 Å². The molecule has 2 aromatic carbocycles. The van der Waals surface area contributed by atoms with Gasteiger partial charge in [-0.1, -0.05) is 60.7 Å². The molecule has 0 saturated carbocycles. The maximum absolute atomic E-state index is 4.54. The molecule has 2 heteroatoms. The lowest BCUT2D eigenvalue weighted by molar-refractivity contribution is 1.27. The fourth-order valence-electron chi connectivity index (χ4n) is 1.94. The summed E-state index contributed by atoms with van der Waals surface area (Å²) < 4.78 is 0. The van der Waals surface area contributed by atoms with Crippen LogP contribution in [0.1, 0.15) is 11.3 Å². The quantitative estimate of drug-likeness (QED) is 0.652. The predicted octanol–water partition coefficient (Wildman–Crippen LogP) is 4.36. The maximum atomic E-state index is 4.54. The molecule has 2 nitrogen and oxygen atoms in total. The van der Waals surface area contributed by atoms with Crippen LogP contribution in [0.2, 0.25) is 0 Å². The summed E-state index contributed by atoms with van der Waals surface area (Å²) in [5.74, 6) is 0. The Labute approximate surface area is 118 Å². The third-order valence-electron chi connectivity index (χ3n) is 2.93. The van der Waals surface area contributed by atoms with Crippen LogP contribution in [0.25, 0.3) is 23.2 Å². The first-order valence-electron chi connectivity index (χ1n) is 6.53. The Morgan fingerprint density at radius 3 is 2.25 bits per heavy atom. The molecule has 0 aliphatic rings. The Morgan fingerprint density at radius 1 is 0.700 bits per heavy atom. The van der Waals surface area contributed by atoms with Crippen LogP contribution in [0.15, 0.2) is 72.9 Å². The van der Waals surface area contributed by atoms with Gasteiger partial charge in [-0.3, -0.25) is 4.98 Å². The van der Waals surface area contributed by atoms with Crippen LogP contribution >= 0.6 is 0 Å². The second kappa shape index (κ2) is 5.93. The minimum absolute atomic E-state index is 0.862. The van der Waals surface area contributed by atoms with E-state index < -0.39 is 0 Å². The lowest BCUT2D eigenvalue weighted by Crippen LogP contribution is -1.86. The summed E-state index contributed by atoms with van der Waals surface area (Å²) in [7, 11) is 0. The van der Waals surface area contributed by atoms with E-state index in [1.807, 2.05) is 60.7 Å². The van der Waals surface area contributed by atoms with Crippen molar-refractivity contribution in [1.29, 1.82) is 0 Å². The molecule has 3 rings (SSSR count). The fraction of sp³-hybridized carbons (Fsp3) is 0. The Balaban J connectivity index is 1.76. The van der Waals surface area contributed by atoms with Crippen molar-refractivity contribution < 1.29 is 0 Å². The van der Waals surface area contributed by atoms with Crippen molar-refractivity contribution in [2.75, 3.05) is 0 Å². The standard InChI is InChI=1S/C18H14N2/c1-2-8-15(9-3-1)10-4-5-11-16-14-19-17-12-6-7-13-18(17)20-16/h1-14H. The number of hydrogen-bond donors (Lipinski definition) is 0. The minimum Gasteiger partial charge on any atom is -0.252 e. The number of aromatic nitrogens is 2. The molecule has 0 saturated heterocycles. The van der Waals surface area contributed by atoms with Gasteiger partial charge in [0.25, 0.3) is 0 Å². The largest absolute Gasteiger partial charge is 0.252 e. The summed E-state index contributed by atoms with van der Waals surface area (Å²) in [5, 5.41) is 0. The van der Waals surface area contributed by atoms with Gasteiger partial charge in [0.05, 0.1) is 22.9 Å². The average Bonchev–Trinajstić information content (AvgIpc) is 2.52. The molecule has 0 fully saturated rings. The van der Waals surface area contributed by atoms with Crippen LogP contribution in [0.3, 0.4) is 0 Å². The van der Waals surface area contributed by atoms with E-state index in [-0.39, 0.29) is 0 Å². The van der Waals surface area contributed by atoms with Crippen LogP contribution in [0.5, 0.6) is 0 Å². The van der Waals surface area contributed by atoms with E-state index in [4.69, 9.17) is 0 Å². The zero-order valence-corrected chi connectivity index (χ0v) is 11.0. The first-order valence-corrected chi connectivity index (χ1v) is 6.53. The van der Waals surface area contributed by atoms with E-state index in [0.717, 1.165) is 16.7 Å². The van der Waals surface area contributed by atoms with Crippen molar-refractivity contribution in [3.63, 3.8) is 0 Å². The third kappa shape index (κ3) is 2.98. The second-order valence-electron chi connectivity index (χ2n) is 4.41. The van der Waals surface area contributed by atoms with Gasteiger partial charge in [0, 0.05) is 0 Å². The van der Waals surface area contributed by atoms with Gasteiger partial charge >= 0.3 is 0 Å². The molecule has 0 radical (unpaired) electrons. The number of fused-ring (bicyclic) bond motifs is 1. The van der Waals surface area contributed by atoms with Crippen LogP contribution in [-0.2, 0) is 0 Å².